The first kappa shape index (κ1) is 10.8. The molecule has 0 fully saturated rings. The van der Waals surface area contributed by atoms with Crippen molar-refractivity contribution in [1.29, 1.82) is 0 Å². The fraction of sp³-hybridized carbons (Fsp3) is 0. The summed E-state index contributed by atoms with van der Waals surface area (Å²) in [6.45, 7) is 0. The summed E-state index contributed by atoms with van der Waals surface area (Å²) in [5, 5.41) is 1.38. The summed E-state index contributed by atoms with van der Waals surface area (Å²) >= 11 is 18.0. The predicted octanol–water partition coefficient (Wildman–Crippen LogP) is 5.11. The Hall–Kier alpha value is -0.690. The van der Waals surface area contributed by atoms with E-state index in [1.54, 1.807) is 6.07 Å². The lowest BCUT2D eigenvalue weighted by Gasteiger charge is -2.07. The Kier molecular flexibility index (Phi) is 3.20. The third-order valence-corrected chi connectivity index (χ3v) is 3.11. The maximum Gasteiger partial charge on any atom is 0.0692 e. The van der Waals surface area contributed by atoms with Gasteiger partial charge in [0.1, 0.15) is 0 Å². The molecule has 0 saturated carbocycles. The number of hydrogen-bond acceptors (Lipinski definition) is 0. The van der Waals surface area contributed by atoms with Crippen LogP contribution in [0, 0.1) is 6.07 Å². The lowest BCUT2D eigenvalue weighted by atomic mass is 10.1. The van der Waals surface area contributed by atoms with Gasteiger partial charge < -0.3 is 0 Å². The molecule has 0 saturated heterocycles. The van der Waals surface area contributed by atoms with Gasteiger partial charge in [-0.15, -0.1) is 0 Å². The fourth-order valence-corrected chi connectivity index (χ4v) is 2.07. The van der Waals surface area contributed by atoms with E-state index in [-0.39, 0.29) is 0 Å². The predicted molar refractivity (Wildman–Crippen MR) is 65.7 cm³/mol. The molecule has 0 N–H and O–H groups in total. The fourth-order valence-electron chi connectivity index (χ4n) is 1.35. The molecular weight excluding hydrogens is 250 g/mol. The van der Waals surface area contributed by atoms with E-state index < -0.39 is 0 Å². The van der Waals surface area contributed by atoms with Crippen LogP contribution in [0.15, 0.2) is 36.4 Å². The molecule has 0 aromatic heterocycles. The van der Waals surface area contributed by atoms with Crippen molar-refractivity contribution >= 4 is 34.8 Å². The smallest absolute Gasteiger partial charge is 0.0692 e. The minimum absolute atomic E-state index is 0.389. The second-order valence-corrected chi connectivity index (χ2v) is 4.17. The van der Waals surface area contributed by atoms with Gasteiger partial charge in [0.25, 0.3) is 0 Å². The lowest BCUT2D eigenvalue weighted by molar-refractivity contribution is 1.61. The van der Waals surface area contributed by atoms with Gasteiger partial charge in [0.05, 0.1) is 15.1 Å². The van der Waals surface area contributed by atoms with Gasteiger partial charge in [0.2, 0.25) is 0 Å². The molecule has 3 heteroatoms. The Bertz CT molecular complexity index is 478. The van der Waals surface area contributed by atoms with Crippen molar-refractivity contribution in [3.05, 3.63) is 57.5 Å². The van der Waals surface area contributed by atoms with E-state index >= 15 is 0 Å². The molecule has 0 atom stereocenters. The van der Waals surface area contributed by atoms with Gasteiger partial charge in [-0.3, -0.25) is 0 Å². The summed E-state index contributed by atoms with van der Waals surface area (Å²) in [6, 6.07) is 14.0. The van der Waals surface area contributed by atoms with Crippen molar-refractivity contribution in [2.45, 2.75) is 0 Å². The van der Waals surface area contributed by atoms with E-state index in [0.29, 0.717) is 15.1 Å². The van der Waals surface area contributed by atoms with Gasteiger partial charge in [-0.25, -0.2) is 0 Å². The summed E-state index contributed by atoms with van der Waals surface area (Å²) in [5.41, 5.74) is 1.70. The highest BCUT2D eigenvalue weighted by Gasteiger charge is 2.11. The van der Waals surface area contributed by atoms with Crippen LogP contribution in [-0.4, -0.2) is 0 Å². The largest absolute Gasteiger partial charge is 0.0836 e. The average molecular weight is 257 g/mol. The highest BCUT2D eigenvalue weighted by Crippen LogP contribution is 2.38. The van der Waals surface area contributed by atoms with Gasteiger partial charge in [-0.05, 0) is 11.6 Å². The maximum absolute atomic E-state index is 6.09. The SMILES string of the molecule is Clc1[c]cc(Cl)c(-c2ccccc2)c1Cl. The minimum Gasteiger partial charge on any atom is -0.0836 e. The third kappa shape index (κ3) is 2.12. The van der Waals surface area contributed by atoms with Crippen molar-refractivity contribution in [2.24, 2.45) is 0 Å². The zero-order valence-corrected chi connectivity index (χ0v) is 9.87. The van der Waals surface area contributed by atoms with E-state index in [1.807, 2.05) is 30.3 Å². The first-order valence-corrected chi connectivity index (χ1v) is 5.44. The normalized spacial score (nSPS) is 10.3. The van der Waals surface area contributed by atoms with Crippen molar-refractivity contribution < 1.29 is 0 Å². The van der Waals surface area contributed by atoms with Gasteiger partial charge in [0, 0.05) is 11.6 Å². The molecule has 2 aromatic rings. The van der Waals surface area contributed by atoms with E-state index in [0.717, 1.165) is 11.1 Å². The van der Waals surface area contributed by atoms with Gasteiger partial charge >= 0.3 is 0 Å². The lowest BCUT2D eigenvalue weighted by Crippen LogP contribution is -1.82. The van der Waals surface area contributed by atoms with Crippen LogP contribution in [0.25, 0.3) is 11.1 Å². The number of rotatable bonds is 1. The molecule has 0 aliphatic heterocycles. The van der Waals surface area contributed by atoms with Crippen molar-refractivity contribution in [3.63, 3.8) is 0 Å². The molecule has 0 bridgehead atoms. The molecule has 0 aliphatic carbocycles. The number of benzene rings is 2. The van der Waals surface area contributed by atoms with Crippen LogP contribution < -0.4 is 0 Å². The number of hydrogen-bond donors (Lipinski definition) is 0. The third-order valence-electron chi connectivity index (χ3n) is 2.04. The van der Waals surface area contributed by atoms with Crippen molar-refractivity contribution in [2.75, 3.05) is 0 Å². The highest BCUT2D eigenvalue weighted by atomic mass is 35.5. The Morgan fingerprint density at radius 1 is 0.933 bits per heavy atom. The molecule has 0 heterocycles. The molecule has 0 unspecified atom stereocenters. The molecule has 2 rings (SSSR count). The zero-order chi connectivity index (χ0) is 10.8. The molecular formula is C12H6Cl3. The Labute approximate surface area is 103 Å². The van der Waals surface area contributed by atoms with Crippen LogP contribution in [-0.2, 0) is 0 Å². The average Bonchev–Trinajstić information content (AvgIpc) is 2.26. The van der Waals surface area contributed by atoms with Gasteiger partial charge in [0.15, 0.2) is 0 Å². The van der Waals surface area contributed by atoms with Crippen LogP contribution in [0.5, 0.6) is 0 Å². The van der Waals surface area contributed by atoms with Crippen LogP contribution >= 0.6 is 34.8 Å². The molecule has 0 nitrogen and oxygen atoms in total. The summed E-state index contributed by atoms with van der Waals surface area (Å²) < 4.78 is 0. The van der Waals surface area contributed by atoms with Crippen LogP contribution in [0.1, 0.15) is 0 Å². The molecule has 0 aliphatic rings. The van der Waals surface area contributed by atoms with E-state index in [2.05, 4.69) is 6.07 Å². The maximum atomic E-state index is 6.09. The van der Waals surface area contributed by atoms with Crippen molar-refractivity contribution in [3.8, 4) is 11.1 Å². The molecule has 0 spiro atoms. The van der Waals surface area contributed by atoms with E-state index in [4.69, 9.17) is 34.8 Å². The Morgan fingerprint density at radius 3 is 2.27 bits per heavy atom. The van der Waals surface area contributed by atoms with E-state index in [1.165, 1.54) is 0 Å². The summed E-state index contributed by atoms with van der Waals surface area (Å²) in [7, 11) is 0. The minimum atomic E-state index is 0.389. The van der Waals surface area contributed by atoms with Gasteiger partial charge in [-0.2, -0.15) is 0 Å². The summed E-state index contributed by atoms with van der Waals surface area (Å²) in [6.07, 6.45) is 0. The number of halogens is 3. The summed E-state index contributed by atoms with van der Waals surface area (Å²) in [5.74, 6) is 0. The first-order chi connectivity index (χ1) is 7.20. The van der Waals surface area contributed by atoms with E-state index in [9.17, 15) is 0 Å². The van der Waals surface area contributed by atoms with Gasteiger partial charge in [-0.1, -0.05) is 65.1 Å². The highest BCUT2D eigenvalue weighted by molar-refractivity contribution is 6.46. The molecule has 2 aromatic carbocycles. The van der Waals surface area contributed by atoms with Crippen molar-refractivity contribution in [1.82, 2.24) is 0 Å². The standard InChI is InChI=1S/C12H6Cl3/c13-9-6-7-10(14)12(15)11(9)8-4-2-1-3-5-8/h1-6H. The van der Waals surface area contributed by atoms with Crippen LogP contribution in [0.3, 0.4) is 0 Å². The zero-order valence-electron chi connectivity index (χ0n) is 7.60. The molecule has 1 radical (unpaired) electrons. The monoisotopic (exact) mass is 255 g/mol. The topological polar surface area (TPSA) is 0 Å². The molecule has 0 amide bonds. The van der Waals surface area contributed by atoms with Crippen LogP contribution in [0.2, 0.25) is 15.1 Å². The second-order valence-electron chi connectivity index (χ2n) is 3.01. The summed E-state index contributed by atoms with van der Waals surface area (Å²) in [4.78, 5) is 0. The molecule has 15 heavy (non-hydrogen) atoms. The first-order valence-electron chi connectivity index (χ1n) is 4.30. The van der Waals surface area contributed by atoms with Crippen LogP contribution in [0.4, 0.5) is 0 Å². The Balaban J connectivity index is 2.68. The second kappa shape index (κ2) is 4.44. The molecule has 75 valence electrons. The quantitative estimate of drug-likeness (QED) is 0.622. The Morgan fingerprint density at radius 2 is 1.60 bits per heavy atom.